The summed E-state index contributed by atoms with van der Waals surface area (Å²) >= 11 is 0. The fraction of sp³-hybridized carbons (Fsp3) is 0.269. The first-order valence-electron chi connectivity index (χ1n) is 10.5. The molecule has 168 valence electrons. The van der Waals surface area contributed by atoms with Crippen molar-refractivity contribution in [2.75, 3.05) is 19.7 Å². The van der Waals surface area contributed by atoms with Gasteiger partial charge in [0.05, 0.1) is 6.42 Å². The van der Waals surface area contributed by atoms with Gasteiger partial charge in [-0.25, -0.2) is 4.58 Å². The van der Waals surface area contributed by atoms with Crippen LogP contribution in [0.25, 0.3) is 10.8 Å². The van der Waals surface area contributed by atoms with Crippen LogP contribution in [-0.2, 0) is 22.6 Å². The van der Waals surface area contributed by atoms with E-state index in [1.165, 1.54) is 5.56 Å². The number of aliphatic hydroxyl groups excluding tert-OH is 1. The van der Waals surface area contributed by atoms with Crippen LogP contribution in [0.4, 0.5) is 0 Å². The third-order valence-corrected chi connectivity index (χ3v) is 5.24. The zero-order chi connectivity index (χ0) is 22.2. The van der Waals surface area contributed by atoms with E-state index in [0.717, 1.165) is 35.0 Å². The number of halogens is 1. The molecule has 3 aromatic carbocycles. The largest absolute Gasteiger partial charge is 1.00 e. The molecule has 0 spiro atoms. The average Bonchev–Trinajstić information content (AvgIpc) is 2.81. The maximum absolute atomic E-state index is 12.2. The summed E-state index contributed by atoms with van der Waals surface area (Å²) in [6, 6.07) is 19.0. The second-order valence-electron chi connectivity index (χ2n) is 7.41. The molecule has 1 N–H and O–H groups in total. The van der Waals surface area contributed by atoms with Gasteiger partial charge in [0, 0.05) is 11.1 Å². The van der Waals surface area contributed by atoms with E-state index in [1.54, 1.807) is 24.3 Å². The number of aliphatic hydroxyl groups is 1. The molecular weight excluding hydrogens is 426 g/mol. The number of Topliss-reactive ketones (excluding diaryl/α,β-unsaturated/α-hetero) is 1. The molecule has 0 atom stereocenters. The summed E-state index contributed by atoms with van der Waals surface area (Å²) in [5.74, 6) is -0.672. The van der Waals surface area contributed by atoms with E-state index in [0.29, 0.717) is 5.56 Å². The molecule has 5 nitrogen and oxygen atoms in total. The zero-order valence-corrected chi connectivity index (χ0v) is 19.1. The fourth-order valence-electron chi connectivity index (χ4n) is 3.38. The molecule has 0 aliphatic rings. The number of benzene rings is 3. The molecule has 0 saturated carbocycles. The minimum absolute atomic E-state index is 0. The minimum Gasteiger partial charge on any atom is -1.00 e. The Kier molecular flexibility index (Phi) is 9.57. The van der Waals surface area contributed by atoms with Gasteiger partial charge in [-0.1, -0.05) is 42.5 Å². The highest BCUT2D eigenvalue weighted by Crippen LogP contribution is 2.18. The van der Waals surface area contributed by atoms with Crippen molar-refractivity contribution in [3.63, 3.8) is 0 Å². The third-order valence-electron chi connectivity index (χ3n) is 5.24. The molecule has 0 aliphatic heterocycles. The van der Waals surface area contributed by atoms with Crippen LogP contribution in [0.15, 0.2) is 60.7 Å². The maximum atomic E-state index is 12.2. The Bertz CT molecular complexity index is 1100. The molecule has 6 heteroatoms. The lowest BCUT2D eigenvalue weighted by molar-refractivity contribution is -0.515. The van der Waals surface area contributed by atoms with Gasteiger partial charge in [0.1, 0.15) is 26.3 Å². The Morgan fingerprint density at radius 3 is 2.19 bits per heavy atom. The number of esters is 1. The van der Waals surface area contributed by atoms with Gasteiger partial charge in [-0.3, -0.25) is 9.59 Å². The van der Waals surface area contributed by atoms with Crippen LogP contribution in [0.3, 0.4) is 0 Å². The van der Waals surface area contributed by atoms with E-state index in [4.69, 9.17) is 9.84 Å². The number of rotatable bonds is 9. The molecule has 0 bridgehead atoms. The standard InChI is InChI=1S/C26H28NO4.ClH/c1-3-27(4-2)16-20-7-11-24-14-21(8-12-23(24)13-20)18-31-26(30)15-19-5-9-22(10-6-19)25(29)17-28;/h5-14,16,28H,3-4,15,17-18H2,1-2H3;1H/q+1;/p-1. The molecule has 0 heterocycles. The van der Waals surface area contributed by atoms with E-state index >= 15 is 0 Å². The van der Waals surface area contributed by atoms with E-state index in [9.17, 15) is 9.59 Å². The normalized spacial score (nSPS) is 10.3. The SMILES string of the molecule is CC[N+](=Cc1ccc2cc(COC(=O)Cc3ccc(C(=O)CO)cc3)ccc2c1)CC.[Cl-]. The van der Waals surface area contributed by atoms with E-state index < -0.39 is 6.61 Å². The Balaban J connectivity index is 0.00000363. The molecule has 3 rings (SSSR count). The van der Waals surface area contributed by atoms with Gasteiger partial charge in [-0.2, -0.15) is 0 Å². The van der Waals surface area contributed by atoms with E-state index in [2.05, 4.69) is 48.9 Å². The molecular formula is C26H28ClNO4. The van der Waals surface area contributed by atoms with Crippen molar-refractivity contribution in [3.05, 3.63) is 82.9 Å². The van der Waals surface area contributed by atoms with Gasteiger partial charge in [0.25, 0.3) is 0 Å². The molecule has 0 unspecified atom stereocenters. The molecule has 32 heavy (non-hydrogen) atoms. The molecule has 0 radical (unpaired) electrons. The highest BCUT2D eigenvalue weighted by Gasteiger charge is 2.08. The number of carbonyl (C=O) groups is 2. The maximum Gasteiger partial charge on any atom is 0.310 e. The summed E-state index contributed by atoms with van der Waals surface area (Å²) < 4.78 is 7.68. The van der Waals surface area contributed by atoms with Gasteiger partial charge >= 0.3 is 5.97 Å². The summed E-state index contributed by atoms with van der Waals surface area (Å²) in [5.41, 5.74) is 3.29. The fourth-order valence-corrected chi connectivity index (χ4v) is 3.38. The first kappa shape index (κ1) is 25.2. The number of ether oxygens (including phenoxy) is 1. The van der Waals surface area contributed by atoms with Crippen molar-refractivity contribution < 1.29 is 36.4 Å². The van der Waals surface area contributed by atoms with Gasteiger partial charge in [0.15, 0.2) is 12.0 Å². The summed E-state index contributed by atoms with van der Waals surface area (Å²) in [4.78, 5) is 23.6. The number of hydrogen-bond donors (Lipinski definition) is 1. The lowest BCUT2D eigenvalue weighted by Crippen LogP contribution is -3.00. The van der Waals surface area contributed by atoms with E-state index in [1.807, 2.05) is 12.1 Å². The van der Waals surface area contributed by atoms with Crippen LogP contribution in [0, 0.1) is 0 Å². The van der Waals surface area contributed by atoms with Crippen molar-refractivity contribution in [2.24, 2.45) is 0 Å². The second-order valence-corrected chi connectivity index (χ2v) is 7.41. The molecule has 0 amide bonds. The Morgan fingerprint density at radius 2 is 1.53 bits per heavy atom. The summed E-state index contributed by atoms with van der Waals surface area (Å²) in [7, 11) is 0. The summed E-state index contributed by atoms with van der Waals surface area (Å²) in [6.07, 6.45) is 2.30. The molecule has 0 saturated heterocycles. The lowest BCUT2D eigenvalue weighted by Gasteiger charge is -2.07. The highest BCUT2D eigenvalue weighted by atomic mass is 35.5. The predicted molar refractivity (Wildman–Crippen MR) is 122 cm³/mol. The van der Waals surface area contributed by atoms with Crippen LogP contribution in [0.1, 0.15) is 40.9 Å². The third kappa shape index (κ3) is 6.74. The predicted octanol–water partition coefficient (Wildman–Crippen LogP) is 0.776. The topological polar surface area (TPSA) is 66.6 Å². The average molecular weight is 454 g/mol. The number of fused-ring (bicyclic) bond motifs is 1. The highest BCUT2D eigenvalue weighted by molar-refractivity contribution is 5.97. The number of nitrogens with zero attached hydrogens (tertiary/aromatic N) is 1. The molecule has 0 aromatic heterocycles. The zero-order valence-electron chi connectivity index (χ0n) is 18.4. The van der Waals surface area contributed by atoms with Crippen molar-refractivity contribution in [2.45, 2.75) is 26.9 Å². The monoisotopic (exact) mass is 453 g/mol. The number of carbonyl (C=O) groups excluding carboxylic acids is 2. The molecule has 0 fully saturated rings. The van der Waals surface area contributed by atoms with Crippen LogP contribution in [0.2, 0.25) is 0 Å². The minimum atomic E-state index is -0.525. The van der Waals surface area contributed by atoms with Gasteiger partial charge in [-0.05, 0) is 53.9 Å². The quantitative estimate of drug-likeness (QED) is 0.225. The second kappa shape index (κ2) is 12.1. The van der Waals surface area contributed by atoms with Gasteiger partial charge in [0.2, 0.25) is 0 Å². The van der Waals surface area contributed by atoms with Crippen molar-refractivity contribution in [3.8, 4) is 0 Å². The summed E-state index contributed by atoms with van der Waals surface area (Å²) in [6.45, 7) is 5.92. The Labute approximate surface area is 194 Å². The van der Waals surface area contributed by atoms with Crippen molar-refractivity contribution in [1.82, 2.24) is 0 Å². The van der Waals surface area contributed by atoms with E-state index in [-0.39, 0.29) is 37.2 Å². The lowest BCUT2D eigenvalue weighted by atomic mass is 10.0. The molecule has 3 aromatic rings. The van der Waals surface area contributed by atoms with Crippen molar-refractivity contribution >= 4 is 28.7 Å². The van der Waals surface area contributed by atoms with Gasteiger partial charge in [-0.15, -0.1) is 0 Å². The van der Waals surface area contributed by atoms with Gasteiger partial charge < -0.3 is 22.3 Å². The smallest absolute Gasteiger partial charge is 0.310 e. The number of hydrogen-bond acceptors (Lipinski definition) is 4. The van der Waals surface area contributed by atoms with Crippen LogP contribution >= 0.6 is 0 Å². The van der Waals surface area contributed by atoms with Crippen LogP contribution in [-0.4, -0.2) is 47.3 Å². The Morgan fingerprint density at radius 1 is 0.906 bits per heavy atom. The Hall–Kier alpha value is -3.02. The number of ketones is 1. The molecule has 0 aliphatic carbocycles. The first-order valence-corrected chi connectivity index (χ1v) is 10.5. The van der Waals surface area contributed by atoms with Crippen molar-refractivity contribution in [1.29, 1.82) is 0 Å². The van der Waals surface area contributed by atoms with Crippen LogP contribution in [0.5, 0.6) is 0 Å². The first-order chi connectivity index (χ1) is 15.0. The van der Waals surface area contributed by atoms with Crippen LogP contribution < -0.4 is 12.4 Å². The summed E-state index contributed by atoms with van der Waals surface area (Å²) in [5, 5.41) is 11.1.